The van der Waals surface area contributed by atoms with Crippen molar-refractivity contribution in [3.8, 4) is 0 Å². The number of sulfonamides is 1. The Morgan fingerprint density at radius 3 is 2.71 bits per heavy atom. The summed E-state index contributed by atoms with van der Waals surface area (Å²) in [6.45, 7) is 2.94. The van der Waals surface area contributed by atoms with Gasteiger partial charge in [-0.2, -0.15) is 9.29 Å². The fourth-order valence-electron chi connectivity index (χ4n) is 3.30. The Kier molecular flexibility index (Phi) is 3.73. The molecule has 24 heavy (non-hydrogen) atoms. The molecule has 1 unspecified atom stereocenters. The van der Waals surface area contributed by atoms with Crippen molar-refractivity contribution >= 4 is 10.0 Å². The number of hydrogen-bond donors (Lipinski definition) is 0. The first-order valence-electron chi connectivity index (χ1n) is 8.38. The SMILES string of the molecule is CC1(c2noc(C3CC3)n2)CCCN(S(=O)(=O)c2ccccc2)C1. The van der Waals surface area contributed by atoms with Crippen molar-refractivity contribution in [1.29, 1.82) is 0 Å². The predicted octanol–water partition coefficient (Wildman–Crippen LogP) is 2.69. The minimum absolute atomic E-state index is 0.334. The van der Waals surface area contributed by atoms with E-state index < -0.39 is 15.4 Å². The van der Waals surface area contributed by atoms with Crippen LogP contribution in [0.4, 0.5) is 0 Å². The molecule has 7 heteroatoms. The van der Waals surface area contributed by atoms with E-state index in [9.17, 15) is 8.42 Å². The van der Waals surface area contributed by atoms with Gasteiger partial charge in [-0.25, -0.2) is 8.42 Å². The second-order valence-electron chi connectivity index (χ2n) is 7.05. The summed E-state index contributed by atoms with van der Waals surface area (Å²) >= 11 is 0. The van der Waals surface area contributed by atoms with E-state index in [1.165, 1.54) is 0 Å². The molecule has 0 bridgehead atoms. The minimum Gasteiger partial charge on any atom is -0.339 e. The lowest BCUT2D eigenvalue weighted by Gasteiger charge is -2.37. The number of nitrogens with zero attached hydrogens (tertiary/aromatic N) is 3. The standard InChI is InChI=1S/C17H21N3O3S/c1-17(16-18-15(23-19-16)13-8-9-13)10-5-11-20(12-17)24(21,22)14-6-3-2-4-7-14/h2-4,6-7,13H,5,8-12H2,1H3. The lowest BCUT2D eigenvalue weighted by molar-refractivity contribution is 0.225. The summed E-state index contributed by atoms with van der Waals surface area (Å²) in [5.74, 6) is 1.74. The highest BCUT2D eigenvalue weighted by Gasteiger charge is 2.42. The van der Waals surface area contributed by atoms with E-state index in [-0.39, 0.29) is 0 Å². The molecule has 128 valence electrons. The molecule has 1 atom stereocenters. The number of aromatic nitrogens is 2. The zero-order valence-electron chi connectivity index (χ0n) is 13.7. The highest BCUT2D eigenvalue weighted by atomic mass is 32.2. The van der Waals surface area contributed by atoms with Crippen LogP contribution in [0.1, 0.15) is 50.2 Å². The van der Waals surface area contributed by atoms with Gasteiger partial charge in [0, 0.05) is 24.4 Å². The summed E-state index contributed by atoms with van der Waals surface area (Å²) < 4.78 is 32.7. The van der Waals surface area contributed by atoms with Gasteiger partial charge in [-0.15, -0.1) is 0 Å². The van der Waals surface area contributed by atoms with Gasteiger partial charge in [0.05, 0.1) is 4.90 Å². The molecule has 1 saturated heterocycles. The van der Waals surface area contributed by atoms with Crippen LogP contribution < -0.4 is 0 Å². The summed E-state index contributed by atoms with van der Waals surface area (Å²) in [5, 5.41) is 4.15. The quantitative estimate of drug-likeness (QED) is 0.850. The molecule has 2 fully saturated rings. The Hall–Kier alpha value is -1.73. The first-order chi connectivity index (χ1) is 11.5. The molecule has 6 nitrogen and oxygen atoms in total. The number of rotatable bonds is 4. The van der Waals surface area contributed by atoms with E-state index in [2.05, 4.69) is 10.1 Å². The van der Waals surface area contributed by atoms with E-state index in [4.69, 9.17) is 4.52 Å². The fraction of sp³-hybridized carbons (Fsp3) is 0.529. The molecule has 1 aliphatic carbocycles. The molecule has 0 amide bonds. The third-order valence-corrected chi connectivity index (χ3v) is 6.81. The zero-order chi connectivity index (χ0) is 16.8. The Labute approximate surface area is 141 Å². The normalized spacial score (nSPS) is 25.7. The van der Waals surface area contributed by atoms with Crippen LogP contribution in [0.3, 0.4) is 0 Å². The van der Waals surface area contributed by atoms with E-state index in [1.54, 1.807) is 28.6 Å². The van der Waals surface area contributed by atoms with Crippen molar-refractivity contribution in [3.05, 3.63) is 42.0 Å². The minimum atomic E-state index is -3.49. The van der Waals surface area contributed by atoms with Crippen LogP contribution in [0.2, 0.25) is 0 Å². The summed E-state index contributed by atoms with van der Waals surface area (Å²) in [7, 11) is -3.49. The van der Waals surface area contributed by atoms with Crippen LogP contribution in [-0.4, -0.2) is 36.0 Å². The second kappa shape index (κ2) is 5.67. The van der Waals surface area contributed by atoms with E-state index >= 15 is 0 Å². The maximum absolute atomic E-state index is 12.9. The summed E-state index contributed by atoms with van der Waals surface area (Å²) in [4.78, 5) is 4.89. The molecule has 0 radical (unpaired) electrons. The monoisotopic (exact) mass is 347 g/mol. The van der Waals surface area contributed by atoms with Gasteiger partial charge in [0.25, 0.3) is 0 Å². The van der Waals surface area contributed by atoms with Gasteiger partial charge in [0.1, 0.15) is 0 Å². The molecule has 0 N–H and O–H groups in total. The second-order valence-corrected chi connectivity index (χ2v) is 8.98. The average molecular weight is 347 g/mol. The molecular formula is C17H21N3O3S. The molecule has 1 aromatic carbocycles. The maximum Gasteiger partial charge on any atom is 0.243 e. The van der Waals surface area contributed by atoms with Crippen LogP contribution >= 0.6 is 0 Å². The van der Waals surface area contributed by atoms with Gasteiger partial charge in [-0.3, -0.25) is 0 Å². The Bertz CT molecular complexity index is 830. The van der Waals surface area contributed by atoms with Crippen LogP contribution in [0.25, 0.3) is 0 Å². The van der Waals surface area contributed by atoms with Crippen LogP contribution in [-0.2, 0) is 15.4 Å². The lowest BCUT2D eigenvalue weighted by Crippen LogP contribution is -2.47. The van der Waals surface area contributed by atoms with Crippen molar-refractivity contribution in [2.45, 2.75) is 48.8 Å². The van der Waals surface area contributed by atoms with Crippen LogP contribution in [0.15, 0.2) is 39.8 Å². The number of piperidine rings is 1. The van der Waals surface area contributed by atoms with Gasteiger partial charge < -0.3 is 4.52 Å². The molecule has 1 saturated carbocycles. The Balaban J connectivity index is 1.60. The van der Waals surface area contributed by atoms with Crippen molar-refractivity contribution in [3.63, 3.8) is 0 Å². The third-order valence-electron chi connectivity index (χ3n) is 4.95. The first kappa shape index (κ1) is 15.8. The molecule has 2 heterocycles. The summed E-state index contributed by atoms with van der Waals surface area (Å²) in [6, 6.07) is 8.59. The molecule has 2 aromatic rings. The van der Waals surface area contributed by atoms with Gasteiger partial charge in [-0.1, -0.05) is 30.3 Å². The summed E-state index contributed by atoms with van der Waals surface area (Å²) in [5.41, 5.74) is -0.406. The van der Waals surface area contributed by atoms with E-state index in [0.717, 1.165) is 25.7 Å². The number of benzene rings is 1. The van der Waals surface area contributed by atoms with Gasteiger partial charge >= 0.3 is 0 Å². The molecule has 4 rings (SSSR count). The predicted molar refractivity (Wildman–Crippen MR) is 88.1 cm³/mol. The smallest absolute Gasteiger partial charge is 0.243 e. The molecule has 2 aliphatic rings. The van der Waals surface area contributed by atoms with Gasteiger partial charge in [-0.05, 0) is 37.8 Å². The van der Waals surface area contributed by atoms with Crippen LogP contribution in [0.5, 0.6) is 0 Å². The molecule has 1 aromatic heterocycles. The molecule has 1 aliphatic heterocycles. The highest BCUT2D eigenvalue weighted by Crippen LogP contribution is 2.41. The summed E-state index contributed by atoms with van der Waals surface area (Å²) in [6.07, 6.45) is 3.85. The van der Waals surface area contributed by atoms with Crippen molar-refractivity contribution in [2.24, 2.45) is 0 Å². The molecular weight excluding hydrogens is 326 g/mol. The average Bonchev–Trinajstić information content (AvgIpc) is 3.32. The van der Waals surface area contributed by atoms with Crippen molar-refractivity contribution in [1.82, 2.24) is 14.4 Å². The topological polar surface area (TPSA) is 76.3 Å². The zero-order valence-corrected chi connectivity index (χ0v) is 14.5. The molecule has 0 spiro atoms. The third kappa shape index (κ3) is 2.75. The maximum atomic E-state index is 12.9. The lowest BCUT2D eigenvalue weighted by atomic mass is 9.82. The fourth-order valence-corrected chi connectivity index (χ4v) is 4.92. The van der Waals surface area contributed by atoms with Crippen molar-refractivity contribution < 1.29 is 12.9 Å². The van der Waals surface area contributed by atoms with E-state index in [0.29, 0.717) is 35.6 Å². The largest absolute Gasteiger partial charge is 0.339 e. The van der Waals surface area contributed by atoms with Crippen LogP contribution in [0, 0.1) is 0 Å². The van der Waals surface area contributed by atoms with Gasteiger partial charge in [0.2, 0.25) is 15.9 Å². The van der Waals surface area contributed by atoms with Gasteiger partial charge in [0.15, 0.2) is 5.82 Å². The Morgan fingerprint density at radius 2 is 2.00 bits per heavy atom. The van der Waals surface area contributed by atoms with Crippen molar-refractivity contribution in [2.75, 3.05) is 13.1 Å². The first-order valence-corrected chi connectivity index (χ1v) is 9.82. The van der Waals surface area contributed by atoms with E-state index in [1.807, 2.05) is 13.0 Å². The number of hydrogen-bond acceptors (Lipinski definition) is 5. The Morgan fingerprint density at radius 1 is 1.25 bits per heavy atom. The highest BCUT2D eigenvalue weighted by molar-refractivity contribution is 7.89.